The maximum Gasteiger partial charge on any atom is 0.270 e. The van der Waals surface area contributed by atoms with Crippen molar-refractivity contribution in [2.45, 2.75) is 58.6 Å². The van der Waals surface area contributed by atoms with E-state index in [9.17, 15) is 14.9 Å². The van der Waals surface area contributed by atoms with E-state index in [1.807, 2.05) is 56.3 Å². The van der Waals surface area contributed by atoms with Gasteiger partial charge in [0.05, 0.1) is 22.3 Å². The first-order valence-electron chi connectivity index (χ1n) is 13.2. The van der Waals surface area contributed by atoms with E-state index in [1.54, 1.807) is 6.07 Å². The van der Waals surface area contributed by atoms with Gasteiger partial charge >= 0.3 is 0 Å². The number of allylic oxidation sites excluding steroid dienone is 1. The normalized spacial score (nSPS) is 20.4. The Morgan fingerprint density at radius 3 is 2.49 bits per heavy atom. The highest BCUT2D eigenvalue weighted by Gasteiger charge is 2.40. The van der Waals surface area contributed by atoms with Crippen molar-refractivity contribution in [3.63, 3.8) is 0 Å². The summed E-state index contributed by atoms with van der Waals surface area (Å²) in [4.78, 5) is 25.1. The minimum atomic E-state index is -0.663. The van der Waals surface area contributed by atoms with Crippen LogP contribution in [0.5, 0.6) is 17.2 Å². The molecule has 0 radical (unpaired) electrons. The Bertz CT molecular complexity index is 1560. The van der Waals surface area contributed by atoms with Crippen LogP contribution in [0.25, 0.3) is 0 Å². The highest BCUT2D eigenvalue weighted by atomic mass is 16.6. The van der Waals surface area contributed by atoms with Gasteiger partial charge in [-0.25, -0.2) is 0 Å². The van der Waals surface area contributed by atoms with Crippen LogP contribution in [-0.2, 0) is 11.2 Å². The molecule has 0 aromatic heterocycles. The lowest BCUT2D eigenvalue weighted by Gasteiger charge is -2.34. The molecule has 3 aliphatic rings. The number of rotatable bonds is 4. The SMILES string of the molecule is CC1(C)CC(=O)C2=C(C1)Nc1ccccc1N[C@H]2c1cc([N+](=O)[O-])ccc1Oc1cccc2c1OC(C)(C)C2. The zero-order chi connectivity index (χ0) is 27.5. The minimum Gasteiger partial charge on any atom is -0.483 e. The molecule has 0 saturated carbocycles. The summed E-state index contributed by atoms with van der Waals surface area (Å²) in [6, 6.07) is 17.4. The molecule has 0 spiro atoms. The predicted octanol–water partition coefficient (Wildman–Crippen LogP) is 7.32. The second kappa shape index (κ2) is 8.86. The van der Waals surface area contributed by atoms with Gasteiger partial charge in [-0.2, -0.15) is 0 Å². The van der Waals surface area contributed by atoms with Crippen LogP contribution < -0.4 is 20.1 Å². The number of ketones is 1. The van der Waals surface area contributed by atoms with Gasteiger partial charge in [0.1, 0.15) is 11.4 Å². The molecule has 0 saturated heterocycles. The third kappa shape index (κ3) is 4.60. The lowest BCUT2D eigenvalue weighted by molar-refractivity contribution is -0.384. The van der Waals surface area contributed by atoms with Crippen LogP contribution in [0.2, 0.25) is 0 Å². The Morgan fingerprint density at radius 2 is 1.72 bits per heavy atom. The highest BCUT2D eigenvalue weighted by molar-refractivity contribution is 6.01. The average molecular weight is 526 g/mol. The topological polar surface area (TPSA) is 103 Å². The number of hydrogen-bond donors (Lipinski definition) is 2. The molecule has 200 valence electrons. The van der Waals surface area contributed by atoms with Crippen LogP contribution in [0, 0.1) is 15.5 Å². The van der Waals surface area contributed by atoms with Crippen molar-refractivity contribution in [2.75, 3.05) is 10.6 Å². The first-order valence-corrected chi connectivity index (χ1v) is 13.2. The molecule has 2 N–H and O–H groups in total. The molecule has 8 heteroatoms. The third-order valence-electron chi connectivity index (χ3n) is 7.51. The van der Waals surface area contributed by atoms with Gasteiger partial charge in [0, 0.05) is 47.4 Å². The monoisotopic (exact) mass is 525 g/mol. The fourth-order valence-corrected chi connectivity index (χ4v) is 5.88. The Balaban J connectivity index is 1.52. The average Bonchev–Trinajstić information content (AvgIpc) is 3.08. The first-order chi connectivity index (χ1) is 18.5. The molecule has 0 fully saturated rings. The number of anilines is 2. The molecular weight excluding hydrogens is 494 g/mol. The van der Waals surface area contributed by atoms with Crippen molar-refractivity contribution in [1.29, 1.82) is 0 Å². The van der Waals surface area contributed by atoms with Gasteiger partial charge in [-0.15, -0.1) is 0 Å². The van der Waals surface area contributed by atoms with E-state index in [1.165, 1.54) is 12.1 Å². The third-order valence-corrected chi connectivity index (χ3v) is 7.51. The lowest BCUT2D eigenvalue weighted by atomic mass is 9.73. The van der Waals surface area contributed by atoms with E-state index in [4.69, 9.17) is 9.47 Å². The molecule has 39 heavy (non-hydrogen) atoms. The summed E-state index contributed by atoms with van der Waals surface area (Å²) in [6.45, 7) is 8.21. The molecule has 0 bridgehead atoms. The van der Waals surface area contributed by atoms with Gasteiger partial charge in [0.15, 0.2) is 17.3 Å². The van der Waals surface area contributed by atoms with E-state index in [0.717, 1.165) is 29.1 Å². The quantitative estimate of drug-likeness (QED) is 0.272. The molecule has 3 aromatic carbocycles. The number of carbonyl (C=O) groups excluding carboxylic acids is 1. The molecule has 3 aromatic rings. The molecule has 0 amide bonds. The number of para-hydroxylation sites is 3. The summed E-state index contributed by atoms with van der Waals surface area (Å²) in [5.41, 5.74) is 3.94. The molecule has 1 atom stereocenters. The zero-order valence-electron chi connectivity index (χ0n) is 22.5. The van der Waals surface area contributed by atoms with E-state index in [-0.39, 0.29) is 22.5 Å². The van der Waals surface area contributed by atoms with E-state index in [2.05, 4.69) is 24.5 Å². The number of ether oxygens (including phenoxy) is 2. The van der Waals surface area contributed by atoms with Gasteiger partial charge in [-0.1, -0.05) is 38.1 Å². The van der Waals surface area contributed by atoms with E-state index >= 15 is 0 Å². The van der Waals surface area contributed by atoms with Crippen molar-refractivity contribution < 1.29 is 19.2 Å². The number of non-ortho nitro benzene ring substituents is 1. The van der Waals surface area contributed by atoms with Crippen LogP contribution >= 0.6 is 0 Å². The van der Waals surface area contributed by atoms with E-state index in [0.29, 0.717) is 41.2 Å². The Hall–Kier alpha value is -4.33. The number of fused-ring (bicyclic) bond motifs is 2. The smallest absolute Gasteiger partial charge is 0.270 e. The minimum absolute atomic E-state index is 0.00204. The Labute approximate surface area is 227 Å². The van der Waals surface area contributed by atoms with Crippen molar-refractivity contribution in [3.05, 3.63) is 93.2 Å². The molecule has 6 rings (SSSR count). The summed E-state index contributed by atoms with van der Waals surface area (Å²) in [5.74, 6) is 1.62. The van der Waals surface area contributed by atoms with Crippen LogP contribution in [0.1, 0.15) is 57.7 Å². The number of benzene rings is 3. The van der Waals surface area contributed by atoms with Gasteiger partial charge in [-0.3, -0.25) is 14.9 Å². The number of hydrogen-bond acceptors (Lipinski definition) is 7. The fraction of sp³-hybridized carbons (Fsp3) is 0.323. The summed E-state index contributed by atoms with van der Waals surface area (Å²) in [6.07, 6.45) is 1.79. The summed E-state index contributed by atoms with van der Waals surface area (Å²) in [5, 5.41) is 18.9. The summed E-state index contributed by atoms with van der Waals surface area (Å²) in [7, 11) is 0. The lowest BCUT2D eigenvalue weighted by Crippen LogP contribution is -2.31. The van der Waals surface area contributed by atoms with Crippen LogP contribution in [0.3, 0.4) is 0 Å². The largest absolute Gasteiger partial charge is 0.483 e. The molecule has 1 aliphatic carbocycles. The molecule has 2 aliphatic heterocycles. The molecule has 8 nitrogen and oxygen atoms in total. The second-order valence-corrected chi connectivity index (χ2v) is 11.9. The molecular formula is C31H31N3O5. The first kappa shape index (κ1) is 25.0. The van der Waals surface area contributed by atoms with Crippen LogP contribution in [0.15, 0.2) is 71.9 Å². The number of nitrogens with one attached hydrogen (secondary N) is 2. The van der Waals surface area contributed by atoms with Crippen molar-refractivity contribution in [1.82, 2.24) is 0 Å². The molecule has 2 heterocycles. The maximum atomic E-state index is 13.7. The molecule has 0 unspecified atom stereocenters. The van der Waals surface area contributed by atoms with E-state index < -0.39 is 11.0 Å². The standard InChI is InChI=1S/C31H31N3O5/c1-30(2)16-23-27(24(35)17-30)28(33-22-10-6-5-9-21(22)32-23)20-14-19(34(36)37)12-13-25(20)38-26-11-7-8-18-15-31(3,4)39-29(18)26/h5-14,28,32-33H,15-17H2,1-4H3/t28-/m0/s1. The number of nitro benzene ring substituents is 1. The fourth-order valence-electron chi connectivity index (χ4n) is 5.88. The number of carbonyl (C=O) groups is 1. The van der Waals surface area contributed by atoms with Gasteiger partial charge in [-0.05, 0) is 49.9 Å². The van der Waals surface area contributed by atoms with Gasteiger partial charge in [0.25, 0.3) is 5.69 Å². The predicted molar refractivity (Wildman–Crippen MR) is 149 cm³/mol. The highest BCUT2D eigenvalue weighted by Crippen LogP contribution is 2.49. The van der Waals surface area contributed by atoms with Crippen molar-refractivity contribution in [3.8, 4) is 17.2 Å². The Kier molecular flexibility index (Phi) is 5.68. The second-order valence-electron chi connectivity index (χ2n) is 11.9. The number of nitrogens with zero attached hydrogens (tertiary/aromatic N) is 1. The van der Waals surface area contributed by atoms with Gasteiger partial charge in [0.2, 0.25) is 0 Å². The van der Waals surface area contributed by atoms with Crippen molar-refractivity contribution >= 4 is 22.8 Å². The van der Waals surface area contributed by atoms with Crippen LogP contribution in [-0.4, -0.2) is 16.3 Å². The number of nitro groups is 1. The summed E-state index contributed by atoms with van der Waals surface area (Å²) < 4.78 is 12.7. The van der Waals surface area contributed by atoms with Crippen LogP contribution in [0.4, 0.5) is 17.1 Å². The van der Waals surface area contributed by atoms with Gasteiger partial charge < -0.3 is 20.1 Å². The summed E-state index contributed by atoms with van der Waals surface area (Å²) >= 11 is 0. The zero-order valence-corrected chi connectivity index (χ0v) is 22.5. The van der Waals surface area contributed by atoms with Crippen molar-refractivity contribution in [2.24, 2.45) is 5.41 Å². The maximum absolute atomic E-state index is 13.7. The number of Topliss-reactive ketones (excluding diaryl/α,β-unsaturated/α-hetero) is 1. The Morgan fingerprint density at radius 1 is 0.949 bits per heavy atom.